The molecule has 0 aliphatic carbocycles. The highest BCUT2D eigenvalue weighted by Crippen LogP contribution is 2.30. The standard InChI is InChI=1S/C21H23N3O2S/c1-13(2)26-17-11-7-8-15(12-17)19-18(14(3)22-21(27)24-19)20(25)23-16-9-5-4-6-10-16/h4-13,19H,1-3H3,(H,23,25)(H2,22,24,27)/t19-/m0/s1. The Morgan fingerprint density at radius 1 is 1.15 bits per heavy atom. The van der Waals surface area contributed by atoms with Crippen molar-refractivity contribution in [3.63, 3.8) is 0 Å². The number of hydrogen-bond acceptors (Lipinski definition) is 3. The summed E-state index contributed by atoms with van der Waals surface area (Å²) in [4.78, 5) is 13.0. The molecule has 0 aromatic heterocycles. The van der Waals surface area contributed by atoms with Crippen LogP contribution in [0.25, 0.3) is 0 Å². The van der Waals surface area contributed by atoms with Gasteiger partial charge in [-0.1, -0.05) is 30.3 Å². The zero-order chi connectivity index (χ0) is 19.4. The Bertz CT molecular complexity index is 878. The molecule has 27 heavy (non-hydrogen) atoms. The summed E-state index contributed by atoms with van der Waals surface area (Å²) in [6, 6.07) is 16.7. The molecule has 1 aliphatic heterocycles. The summed E-state index contributed by atoms with van der Waals surface area (Å²) < 4.78 is 5.80. The fourth-order valence-corrected chi connectivity index (χ4v) is 3.28. The van der Waals surface area contributed by atoms with Gasteiger partial charge in [-0.05, 0) is 62.8 Å². The molecule has 2 aromatic carbocycles. The number of allylic oxidation sites excluding steroid dienone is 1. The summed E-state index contributed by atoms with van der Waals surface area (Å²) in [5.41, 5.74) is 2.97. The van der Waals surface area contributed by atoms with E-state index in [1.54, 1.807) is 0 Å². The molecule has 5 nitrogen and oxygen atoms in total. The Hall–Kier alpha value is -2.86. The molecule has 0 spiro atoms. The van der Waals surface area contributed by atoms with Crippen LogP contribution in [0.3, 0.4) is 0 Å². The molecular weight excluding hydrogens is 358 g/mol. The molecule has 3 rings (SSSR count). The lowest BCUT2D eigenvalue weighted by Gasteiger charge is -2.30. The van der Waals surface area contributed by atoms with Crippen LogP contribution in [0.5, 0.6) is 5.75 Å². The van der Waals surface area contributed by atoms with E-state index in [1.165, 1.54) is 0 Å². The number of thiocarbonyl (C=S) groups is 1. The molecule has 1 aliphatic rings. The maximum atomic E-state index is 13.0. The molecule has 1 amide bonds. The van der Waals surface area contributed by atoms with Gasteiger partial charge >= 0.3 is 0 Å². The maximum absolute atomic E-state index is 13.0. The second kappa shape index (κ2) is 8.22. The fourth-order valence-electron chi connectivity index (χ4n) is 3.00. The predicted octanol–water partition coefficient (Wildman–Crippen LogP) is 3.91. The highest BCUT2D eigenvalue weighted by molar-refractivity contribution is 7.80. The number of anilines is 1. The van der Waals surface area contributed by atoms with Crippen molar-refractivity contribution >= 4 is 28.9 Å². The number of amides is 1. The minimum Gasteiger partial charge on any atom is -0.491 e. The van der Waals surface area contributed by atoms with Crippen molar-refractivity contribution in [2.45, 2.75) is 32.9 Å². The minimum absolute atomic E-state index is 0.0698. The average Bonchev–Trinajstić information content (AvgIpc) is 2.61. The van der Waals surface area contributed by atoms with Crippen LogP contribution in [0.2, 0.25) is 0 Å². The van der Waals surface area contributed by atoms with Crippen LogP contribution in [-0.2, 0) is 4.79 Å². The van der Waals surface area contributed by atoms with Crippen LogP contribution < -0.4 is 20.7 Å². The summed E-state index contributed by atoms with van der Waals surface area (Å²) in [6.45, 7) is 5.81. The molecule has 0 bridgehead atoms. The van der Waals surface area contributed by atoms with E-state index in [0.717, 1.165) is 22.7 Å². The molecule has 0 saturated heterocycles. The summed E-state index contributed by atoms with van der Waals surface area (Å²) in [5, 5.41) is 9.70. The lowest BCUT2D eigenvalue weighted by Crippen LogP contribution is -2.45. The number of carbonyl (C=O) groups is 1. The molecule has 0 saturated carbocycles. The Kier molecular flexibility index (Phi) is 5.76. The molecule has 0 radical (unpaired) electrons. The number of carbonyl (C=O) groups excluding carboxylic acids is 1. The summed E-state index contributed by atoms with van der Waals surface area (Å²) in [5.74, 6) is 0.579. The van der Waals surface area contributed by atoms with Gasteiger partial charge in [-0.15, -0.1) is 0 Å². The summed E-state index contributed by atoms with van der Waals surface area (Å²) in [7, 11) is 0. The van der Waals surface area contributed by atoms with Crippen molar-refractivity contribution in [3.8, 4) is 5.75 Å². The molecule has 1 heterocycles. The summed E-state index contributed by atoms with van der Waals surface area (Å²) >= 11 is 5.31. The van der Waals surface area contributed by atoms with Gasteiger partial charge in [0, 0.05) is 11.4 Å². The van der Waals surface area contributed by atoms with Gasteiger partial charge in [-0.3, -0.25) is 4.79 Å². The third-order valence-electron chi connectivity index (χ3n) is 4.11. The second-order valence-corrected chi connectivity index (χ2v) is 7.04. The second-order valence-electron chi connectivity index (χ2n) is 6.63. The van der Waals surface area contributed by atoms with E-state index in [4.69, 9.17) is 17.0 Å². The van der Waals surface area contributed by atoms with Crippen molar-refractivity contribution in [3.05, 3.63) is 71.4 Å². The average molecular weight is 382 g/mol. The highest BCUT2D eigenvalue weighted by atomic mass is 32.1. The molecule has 1 atom stereocenters. The van der Waals surface area contributed by atoms with Gasteiger partial charge in [0.15, 0.2) is 5.11 Å². The third-order valence-corrected chi connectivity index (χ3v) is 4.33. The quantitative estimate of drug-likeness (QED) is 0.686. The lowest BCUT2D eigenvalue weighted by atomic mass is 9.94. The van der Waals surface area contributed by atoms with E-state index < -0.39 is 0 Å². The number of benzene rings is 2. The number of rotatable bonds is 5. The van der Waals surface area contributed by atoms with Crippen molar-refractivity contribution in [1.82, 2.24) is 10.6 Å². The van der Waals surface area contributed by atoms with Crippen LogP contribution in [0.15, 0.2) is 65.9 Å². The Morgan fingerprint density at radius 3 is 2.59 bits per heavy atom. The molecule has 2 aromatic rings. The fraction of sp³-hybridized carbons (Fsp3) is 0.238. The first-order valence-corrected chi connectivity index (χ1v) is 9.26. The monoisotopic (exact) mass is 381 g/mol. The van der Waals surface area contributed by atoms with Crippen molar-refractivity contribution in [1.29, 1.82) is 0 Å². The molecular formula is C21H23N3O2S. The van der Waals surface area contributed by atoms with Crippen LogP contribution >= 0.6 is 12.2 Å². The molecule has 6 heteroatoms. The van der Waals surface area contributed by atoms with Gasteiger partial charge in [0.25, 0.3) is 5.91 Å². The maximum Gasteiger partial charge on any atom is 0.255 e. The highest BCUT2D eigenvalue weighted by Gasteiger charge is 2.30. The first-order chi connectivity index (χ1) is 12.9. The van der Waals surface area contributed by atoms with Crippen LogP contribution in [0.1, 0.15) is 32.4 Å². The lowest BCUT2D eigenvalue weighted by molar-refractivity contribution is -0.113. The zero-order valence-electron chi connectivity index (χ0n) is 15.6. The van der Waals surface area contributed by atoms with E-state index in [2.05, 4.69) is 16.0 Å². The number of para-hydroxylation sites is 1. The molecule has 0 fully saturated rings. The normalized spacial score (nSPS) is 16.6. The summed E-state index contributed by atoms with van der Waals surface area (Å²) in [6.07, 6.45) is 0.0698. The topological polar surface area (TPSA) is 62.4 Å². The third kappa shape index (κ3) is 4.65. The van der Waals surface area contributed by atoms with Gasteiger partial charge in [0.2, 0.25) is 0 Å². The van der Waals surface area contributed by atoms with Gasteiger partial charge in [-0.25, -0.2) is 0 Å². The van der Waals surface area contributed by atoms with Crippen LogP contribution in [-0.4, -0.2) is 17.1 Å². The Labute approximate surface area is 164 Å². The van der Waals surface area contributed by atoms with E-state index in [9.17, 15) is 4.79 Å². The first-order valence-electron chi connectivity index (χ1n) is 8.85. The number of nitrogens with one attached hydrogen (secondary N) is 3. The SMILES string of the molecule is CC1=C(C(=O)Nc2ccccc2)[C@H](c2cccc(OC(C)C)c2)NC(=S)N1. The Balaban J connectivity index is 1.93. The van der Waals surface area contributed by atoms with Crippen molar-refractivity contribution in [2.75, 3.05) is 5.32 Å². The van der Waals surface area contributed by atoms with Gasteiger partial charge in [-0.2, -0.15) is 0 Å². The molecule has 140 valence electrons. The zero-order valence-corrected chi connectivity index (χ0v) is 16.4. The van der Waals surface area contributed by atoms with Crippen molar-refractivity contribution in [2.24, 2.45) is 0 Å². The van der Waals surface area contributed by atoms with Crippen LogP contribution in [0.4, 0.5) is 5.69 Å². The van der Waals surface area contributed by atoms with E-state index in [1.807, 2.05) is 75.4 Å². The van der Waals surface area contributed by atoms with Crippen molar-refractivity contribution < 1.29 is 9.53 Å². The molecule has 0 unspecified atom stereocenters. The van der Waals surface area contributed by atoms with Crippen LogP contribution in [0, 0.1) is 0 Å². The van der Waals surface area contributed by atoms with E-state index in [-0.39, 0.29) is 18.1 Å². The number of ether oxygens (including phenoxy) is 1. The largest absolute Gasteiger partial charge is 0.491 e. The van der Waals surface area contributed by atoms with E-state index in [0.29, 0.717) is 10.7 Å². The molecule has 3 N–H and O–H groups in total. The first kappa shape index (κ1) is 18.9. The minimum atomic E-state index is -0.363. The predicted molar refractivity (Wildman–Crippen MR) is 112 cm³/mol. The van der Waals surface area contributed by atoms with Gasteiger partial charge in [0.05, 0.1) is 17.7 Å². The van der Waals surface area contributed by atoms with Gasteiger partial charge in [0.1, 0.15) is 5.75 Å². The smallest absolute Gasteiger partial charge is 0.255 e. The van der Waals surface area contributed by atoms with Gasteiger partial charge < -0.3 is 20.7 Å². The van der Waals surface area contributed by atoms with E-state index >= 15 is 0 Å². The number of hydrogen-bond donors (Lipinski definition) is 3. The Morgan fingerprint density at radius 2 is 1.89 bits per heavy atom.